The number of piperazine rings is 1. The number of benzene rings is 2. The number of rotatable bonds is 3. The summed E-state index contributed by atoms with van der Waals surface area (Å²) in [7, 11) is 1.63. The van der Waals surface area contributed by atoms with E-state index in [1.54, 1.807) is 19.2 Å². The molecule has 1 aliphatic rings. The molecule has 1 aromatic heterocycles. The molecule has 2 aromatic carbocycles. The zero-order valence-corrected chi connectivity index (χ0v) is 16.2. The minimum atomic E-state index is -4.59. The lowest BCUT2D eigenvalue weighted by atomic mass is 10.1. The van der Waals surface area contributed by atoms with Crippen LogP contribution in [-0.2, 0) is 6.18 Å². The van der Waals surface area contributed by atoms with Crippen LogP contribution in [0.2, 0.25) is 0 Å². The van der Waals surface area contributed by atoms with Crippen molar-refractivity contribution in [2.45, 2.75) is 13.1 Å². The van der Waals surface area contributed by atoms with Crippen LogP contribution < -0.4 is 14.5 Å². The number of hydrogen-bond acceptors (Lipinski definition) is 5. The molecule has 0 atom stereocenters. The molecule has 0 unspecified atom stereocenters. The first-order valence-corrected chi connectivity index (χ1v) is 9.35. The van der Waals surface area contributed by atoms with Crippen LogP contribution in [0.5, 0.6) is 5.75 Å². The van der Waals surface area contributed by atoms with Gasteiger partial charge in [-0.25, -0.2) is 9.97 Å². The zero-order chi connectivity index (χ0) is 20.6. The Labute approximate surface area is 166 Å². The van der Waals surface area contributed by atoms with Crippen LogP contribution in [0.25, 0.3) is 10.9 Å². The molecule has 5 nitrogen and oxygen atoms in total. The summed E-state index contributed by atoms with van der Waals surface area (Å²) in [6.07, 6.45) is -4.59. The number of nitrogens with zero attached hydrogens (tertiary/aromatic N) is 4. The molecule has 29 heavy (non-hydrogen) atoms. The van der Waals surface area contributed by atoms with Gasteiger partial charge in [0, 0.05) is 31.6 Å². The molecular weight excluding hydrogens is 381 g/mol. The smallest absolute Gasteiger partial charge is 0.451 e. The van der Waals surface area contributed by atoms with Gasteiger partial charge in [0.1, 0.15) is 11.6 Å². The SMILES string of the molecule is COc1ccccc1N1CCN(c2nc(C(F)(F)F)nc3ccc(C)cc23)CC1. The molecule has 0 spiro atoms. The standard InChI is InChI=1S/C21H21F3N4O/c1-14-7-8-16-15(13-14)19(26-20(25-16)21(22,23)24)28-11-9-27(10-12-28)17-5-3-4-6-18(17)29-2/h3-8,13H,9-12H2,1-2H3. The summed E-state index contributed by atoms with van der Waals surface area (Å²) < 4.78 is 45.5. The fourth-order valence-electron chi connectivity index (χ4n) is 3.64. The number of para-hydroxylation sites is 2. The molecule has 8 heteroatoms. The highest BCUT2D eigenvalue weighted by atomic mass is 19.4. The number of alkyl halides is 3. The molecule has 2 heterocycles. The number of aromatic nitrogens is 2. The molecular formula is C21H21F3N4O. The van der Waals surface area contributed by atoms with E-state index in [0.717, 1.165) is 17.0 Å². The second-order valence-corrected chi connectivity index (χ2v) is 7.04. The first kappa shape index (κ1) is 19.3. The van der Waals surface area contributed by atoms with Crippen LogP contribution in [0.1, 0.15) is 11.4 Å². The van der Waals surface area contributed by atoms with Gasteiger partial charge in [-0.15, -0.1) is 0 Å². The van der Waals surface area contributed by atoms with Gasteiger partial charge in [0.25, 0.3) is 0 Å². The summed E-state index contributed by atoms with van der Waals surface area (Å²) in [6.45, 7) is 4.31. The van der Waals surface area contributed by atoms with E-state index < -0.39 is 12.0 Å². The summed E-state index contributed by atoms with van der Waals surface area (Å²) in [5.41, 5.74) is 2.24. The van der Waals surface area contributed by atoms with Crippen molar-refractivity contribution in [2.75, 3.05) is 43.1 Å². The van der Waals surface area contributed by atoms with E-state index in [2.05, 4.69) is 14.9 Å². The predicted octanol–water partition coefficient (Wildman–Crippen LogP) is 4.29. The molecule has 0 amide bonds. The Balaban J connectivity index is 1.66. The molecule has 152 valence electrons. The number of hydrogen-bond donors (Lipinski definition) is 0. The van der Waals surface area contributed by atoms with E-state index in [4.69, 9.17) is 4.74 Å². The lowest BCUT2D eigenvalue weighted by Crippen LogP contribution is -2.47. The highest BCUT2D eigenvalue weighted by Gasteiger charge is 2.36. The molecule has 4 rings (SSSR count). The fourth-order valence-corrected chi connectivity index (χ4v) is 3.64. The van der Waals surface area contributed by atoms with Gasteiger partial charge in [0.2, 0.25) is 5.82 Å². The number of methoxy groups -OCH3 is 1. The quantitative estimate of drug-likeness (QED) is 0.654. The normalized spacial score (nSPS) is 15.1. The third kappa shape index (κ3) is 3.79. The molecule has 3 aromatic rings. The molecule has 0 radical (unpaired) electrons. The molecule has 1 fully saturated rings. The van der Waals surface area contributed by atoms with Crippen LogP contribution in [-0.4, -0.2) is 43.3 Å². The number of anilines is 2. The third-order valence-corrected chi connectivity index (χ3v) is 5.09. The van der Waals surface area contributed by atoms with E-state index in [0.29, 0.717) is 42.9 Å². The number of aryl methyl sites for hydroxylation is 1. The Kier molecular flexibility index (Phi) is 4.94. The van der Waals surface area contributed by atoms with Crippen LogP contribution in [0, 0.1) is 6.92 Å². The van der Waals surface area contributed by atoms with Crippen molar-refractivity contribution < 1.29 is 17.9 Å². The number of halogens is 3. The van der Waals surface area contributed by atoms with Crippen molar-refractivity contribution in [1.29, 1.82) is 0 Å². The molecule has 1 aliphatic heterocycles. The molecule has 0 N–H and O–H groups in total. The van der Waals surface area contributed by atoms with Crippen LogP contribution in [0.15, 0.2) is 42.5 Å². The largest absolute Gasteiger partial charge is 0.495 e. The van der Waals surface area contributed by atoms with Crippen LogP contribution in [0.4, 0.5) is 24.7 Å². The van der Waals surface area contributed by atoms with Crippen molar-refractivity contribution in [3.8, 4) is 5.75 Å². The van der Waals surface area contributed by atoms with E-state index in [-0.39, 0.29) is 0 Å². The molecule has 1 saturated heterocycles. The first-order valence-electron chi connectivity index (χ1n) is 9.35. The second kappa shape index (κ2) is 7.42. The average molecular weight is 402 g/mol. The van der Waals surface area contributed by atoms with Gasteiger partial charge >= 0.3 is 6.18 Å². The van der Waals surface area contributed by atoms with Crippen molar-refractivity contribution >= 4 is 22.4 Å². The maximum atomic E-state index is 13.3. The fraction of sp³-hybridized carbons (Fsp3) is 0.333. The van der Waals surface area contributed by atoms with Crippen LogP contribution in [0.3, 0.4) is 0 Å². The summed E-state index contributed by atoms with van der Waals surface area (Å²) in [5.74, 6) is 0.0186. The van der Waals surface area contributed by atoms with Gasteiger partial charge in [-0.1, -0.05) is 23.8 Å². The van der Waals surface area contributed by atoms with Crippen molar-refractivity contribution in [1.82, 2.24) is 9.97 Å². The van der Waals surface area contributed by atoms with Crippen molar-refractivity contribution in [2.24, 2.45) is 0 Å². The highest BCUT2D eigenvalue weighted by Crippen LogP contribution is 2.34. The molecule has 0 saturated carbocycles. The maximum Gasteiger partial charge on any atom is 0.451 e. The minimum Gasteiger partial charge on any atom is -0.495 e. The minimum absolute atomic E-state index is 0.306. The van der Waals surface area contributed by atoms with Crippen molar-refractivity contribution in [3.05, 3.63) is 53.9 Å². The predicted molar refractivity (Wildman–Crippen MR) is 107 cm³/mol. The van der Waals surface area contributed by atoms with Crippen LogP contribution >= 0.6 is 0 Å². The monoisotopic (exact) mass is 402 g/mol. The Morgan fingerprint density at radius 3 is 2.31 bits per heavy atom. The average Bonchev–Trinajstić information content (AvgIpc) is 2.72. The Hall–Kier alpha value is -3.03. The highest BCUT2D eigenvalue weighted by molar-refractivity contribution is 5.90. The second-order valence-electron chi connectivity index (χ2n) is 7.04. The first-order chi connectivity index (χ1) is 13.9. The van der Waals surface area contributed by atoms with Gasteiger partial charge in [-0.05, 0) is 31.2 Å². The van der Waals surface area contributed by atoms with Gasteiger partial charge < -0.3 is 14.5 Å². The number of fused-ring (bicyclic) bond motifs is 1. The summed E-state index contributed by atoms with van der Waals surface area (Å²) in [6, 6.07) is 13.0. The van der Waals surface area contributed by atoms with E-state index in [1.807, 2.05) is 42.2 Å². The summed E-state index contributed by atoms with van der Waals surface area (Å²) in [5, 5.41) is 0.642. The Morgan fingerprint density at radius 1 is 0.931 bits per heavy atom. The lowest BCUT2D eigenvalue weighted by Gasteiger charge is -2.37. The Bertz CT molecular complexity index is 1030. The Morgan fingerprint density at radius 2 is 1.62 bits per heavy atom. The summed E-state index contributed by atoms with van der Waals surface area (Å²) in [4.78, 5) is 11.7. The van der Waals surface area contributed by atoms with Gasteiger partial charge in [-0.2, -0.15) is 13.2 Å². The van der Waals surface area contributed by atoms with Crippen molar-refractivity contribution in [3.63, 3.8) is 0 Å². The van der Waals surface area contributed by atoms with E-state index >= 15 is 0 Å². The van der Waals surface area contributed by atoms with Gasteiger partial charge in [0.15, 0.2) is 0 Å². The lowest BCUT2D eigenvalue weighted by molar-refractivity contribution is -0.144. The third-order valence-electron chi connectivity index (χ3n) is 5.09. The van der Waals surface area contributed by atoms with E-state index in [1.165, 1.54) is 0 Å². The van der Waals surface area contributed by atoms with E-state index in [9.17, 15) is 13.2 Å². The molecule has 0 bridgehead atoms. The zero-order valence-electron chi connectivity index (χ0n) is 16.2. The van der Waals surface area contributed by atoms with Gasteiger partial charge in [-0.3, -0.25) is 0 Å². The number of ether oxygens (including phenoxy) is 1. The van der Waals surface area contributed by atoms with Gasteiger partial charge in [0.05, 0.1) is 18.3 Å². The topological polar surface area (TPSA) is 41.5 Å². The molecule has 0 aliphatic carbocycles. The summed E-state index contributed by atoms with van der Waals surface area (Å²) >= 11 is 0. The maximum absolute atomic E-state index is 13.3.